The van der Waals surface area contributed by atoms with E-state index in [1.54, 1.807) is 17.5 Å². The molecule has 2 atom stereocenters. The first kappa shape index (κ1) is 11.5. The number of methoxy groups -OCH3 is 1. The summed E-state index contributed by atoms with van der Waals surface area (Å²) in [4.78, 5) is 15.8. The molecule has 0 saturated heterocycles. The van der Waals surface area contributed by atoms with Crippen LogP contribution in [0.5, 0.6) is 0 Å². The van der Waals surface area contributed by atoms with Gasteiger partial charge in [0.15, 0.2) is 0 Å². The normalized spacial score (nSPS) is 19.1. The zero-order valence-corrected chi connectivity index (χ0v) is 10.3. The average Bonchev–Trinajstić information content (AvgIpc) is 2.98. The molecule has 0 radical (unpaired) electrons. The van der Waals surface area contributed by atoms with Crippen LogP contribution < -0.4 is 5.32 Å². The highest BCUT2D eigenvalue weighted by Crippen LogP contribution is 2.34. The lowest BCUT2D eigenvalue weighted by Crippen LogP contribution is -2.40. The van der Waals surface area contributed by atoms with Gasteiger partial charge in [0.1, 0.15) is 11.0 Å². The van der Waals surface area contributed by atoms with Gasteiger partial charge in [-0.15, -0.1) is 11.3 Å². The molecule has 0 spiro atoms. The topological polar surface area (TPSA) is 51.2 Å². The van der Waals surface area contributed by atoms with E-state index in [1.165, 1.54) is 7.11 Å². The number of nitrogens with one attached hydrogen (secondary N) is 1. The van der Waals surface area contributed by atoms with E-state index in [0.717, 1.165) is 17.8 Å². The van der Waals surface area contributed by atoms with Gasteiger partial charge in [0.25, 0.3) is 0 Å². The first-order valence-electron chi connectivity index (χ1n) is 5.45. The Morgan fingerprint density at radius 2 is 2.44 bits per heavy atom. The molecule has 5 heteroatoms. The summed E-state index contributed by atoms with van der Waals surface area (Å²) in [6.07, 6.45) is 4.00. The van der Waals surface area contributed by atoms with Gasteiger partial charge in [0.2, 0.25) is 0 Å². The second kappa shape index (κ2) is 4.93. The molecule has 1 aromatic heterocycles. The van der Waals surface area contributed by atoms with E-state index in [4.69, 9.17) is 4.74 Å². The molecule has 4 nitrogen and oxygen atoms in total. The number of thiazole rings is 1. The molecular weight excluding hydrogens is 224 g/mol. The summed E-state index contributed by atoms with van der Waals surface area (Å²) < 4.78 is 4.81. The molecule has 2 rings (SSSR count). The molecule has 16 heavy (non-hydrogen) atoms. The van der Waals surface area contributed by atoms with Gasteiger partial charge in [-0.05, 0) is 25.7 Å². The zero-order chi connectivity index (χ0) is 11.5. The fraction of sp³-hybridized carbons (Fsp3) is 0.636. The number of carbonyl (C=O) groups excluding carboxylic acids is 1. The van der Waals surface area contributed by atoms with Gasteiger partial charge in [-0.25, -0.2) is 4.98 Å². The van der Waals surface area contributed by atoms with Gasteiger partial charge in [-0.2, -0.15) is 0 Å². The predicted octanol–water partition coefficient (Wildman–Crippen LogP) is 1.75. The maximum Gasteiger partial charge on any atom is 0.323 e. The van der Waals surface area contributed by atoms with Crippen molar-refractivity contribution >= 4 is 17.3 Å². The lowest BCUT2D eigenvalue weighted by molar-refractivity contribution is -0.144. The summed E-state index contributed by atoms with van der Waals surface area (Å²) in [6.45, 7) is 2.02. The van der Waals surface area contributed by atoms with Crippen molar-refractivity contribution in [1.29, 1.82) is 0 Å². The largest absolute Gasteiger partial charge is 0.468 e. The monoisotopic (exact) mass is 240 g/mol. The number of hydrogen-bond donors (Lipinski definition) is 1. The number of carbonyl (C=O) groups is 1. The quantitative estimate of drug-likeness (QED) is 0.797. The van der Waals surface area contributed by atoms with Gasteiger partial charge in [-0.1, -0.05) is 0 Å². The highest BCUT2D eigenvalue weighted by atomic mass is 32.1. The van der Waals surface area contributed by atoms with E-state index in [-0.39, 0.29) is 18.1 Å². The van der Waals surface area contributed by atoms with Gasteiger partial charge in [0, 0.05) is 11.6 Å². The van der Waals surface area contributed by atoms with E-state index in [1.807, 2.05) is 12.3 Å². The molecule has 0 bridgehead atoms. The zero-order valence-electron chi connectivity index (χ0n) is 9.47. The Morgan fingerprint density at radius 3 is 2.94 bits per heavy atom. The Bertz CT molecular complexity index is 349. The summed E-state index contributed by atoms with van der Waals surface area (Å²) >= 11 is 1.60. The Hall–Kier alpha value is -0.940. The molecule has 1 aromatic rings. The van der Waals surface area contributed by atoms with Crippen molar-refractivity contribution in [3.63, 3.8) is 0 Å². The smallest absolute Gasteiger partial charge is 0.323 e. The van der Waals surface area contributed by atoms with E-state index < -0.39 is 0 Å². The van der Waals surface area contributed by atoms with Crippen LogP contribution in [-0.2, 0) is 9.53 Å². The number of hydrogen-bond acceptors (Lipinski definition) is 5. The molecular formula is C11H16N2O2S. The summed E-state index contributed by atoms with van der Waals surface area (Å²) in [5.41, 5.74) is 0. The fourth-order valence-electron chi connectivity index (χ4n) is 1.74. The summed E-state index contributed by atoms with van der Waals surface area (Å²) in [7, 11) is 1.44. The molecule has 88 valence electrons. The van der Waals surface area contributed by atoms with Gasteiger partial charge < -0.3 is 4.74 Å². The van der Waals surface area contributed by atoms with E-state index in [2.05, 4.69) is 10.3 Å². The van der Waals surface area contributed by atoms with Crippen molar-refractivity contribution in [2.24, 2.45) is 5.92 Å². The third kappa shape index (κ3) is 2.59. The van der Waals surface area contributed by atoms with Crippen LogP contribution in [0.3, 0.4) is 0 Å². The van der Waals surface area contributed by atoms with E-state index >= 15 is 0 Å². The first-order chi connectivity index (χ1) is 7.72. The number of rotatable bonds is 5. The van der Waals surface area contributed by atoms with Crippen molar-refractivity contribution in [2.45, 2.75) is 31.8 Å². The van der Waals surface area contributed by atoms with Crippen molar-refractivity contribution < 1.29 is 9.53 Å². The van der Waals surface area contributed by atoms with Crippen LogP contribution in [0.1, 0.15) is 30.8 Å². The number of nitrogens with zero attached hydrogens (tertiary/aromatic N) is 1. The third-order valence-corrected chi connectivity index (χ3v) is 3.76. The van der Waals surface area contributed by atoms with Gasteiger partial charge >= 0.3 is 5.97 Å². The molecule has 1 aliphatic rings. The number of ether oxygens (including phenoxy) is 1. The number of aromatic nitrogens is 1. The van der Waals surface area contributed by atoms with Crippen LogP contribution in [0.25, 0.3) is 0 Å². The van der Waals surface area contributed by atoms with Crippen molar-refractivity contribution in [3.05, 3.63) is 16.6 Å². The average molecular weight is 240 g/mol. The molecule has 0 aromatic carbocycles. The third-order valence-electron chi connectivity index (χ3n) is 2.80. The minimum atomic E-state index is -0.177. The molecule has 1 saturated carbocycles. The van der Waals surface area contributed by atoms with E-state index in [0.29, 0.717) is 5.92 Å². The van der Waals surface area contributed by atoms with Crippen LogP contribution in [0.15, 0.2) is 11.6 Å². The van der Waals surface area contributed by atoms with Crippen LogP contribution in [0, 0.1) is 5.92 Å². The molecule has 2 unspecified atom stereocenters. The molecule has 0 amide bonds. The van der Waals surface area contributed by atoms with Crippen LogP contribution in [0.4, 0.5) is 0 Å². The summed E-state index contributed by atoms with van der Waals surface area (Å²) in [5, 5.41) is 6.26. The number of esters is 1. The summed E-state index contributed by atoms with van der Waals surface area (Å²) in [5.74, 6) is 0.278. The van der Waals surface area contributed by atoms with Crippen molar-refractivity contribution in [2.75, 3.05) is 7.11 Å². The highest BCUT2D eigenvalue weighted by Gasteiger charge is 2.37. The highest BCUT2D eigenvalue weighted by molar-refractivity contribution is 7.09. The van der Waals surface area contributed by atoms with Crippen molar-refractivity contribution in [3.8, 4) is 0 Å². The van der Waals surface area contributed by atoms with Gasteiger partial charge in [0.05, 0.1) is 13.2 Å². The lowest BCUT2D eigenvalue weighted by atomic mass is 10.1. The Kier molecular flexibility index (Phi) is 3.56. The van der Waals surface area contributed by atoms with Crippen LogP contribution in [0.2, 0.25) is 0 Å². The predicted molar refractivity (Wildman–Crippen MR) is 62.2 cm³/mol. The molecule has 1 heterocycles. The standard InChI is InChI=1S/C11H16N2O2S/c1-7(10-12-5-6-16-10)13-9(8-3-4-8)11(14)15-2/h5-9,13H,3-4H2,1-2H3. The molecule has 0 aliphatic heterocycles. The lowest BCUT2D eigenvalue weighted by Gasteiger charge is -2.19. The second-order valence-electron chi connectivity index (χ2n) is 4.10. The Balaban J connectivity index is 1.97. The van der Waals surface area contributed by atoms with Gasteiger partial charge in [-0.3, -0.25) is 10.1 Å². The SMILES string of the molecule is COC(=O)C(NC(C)c1nccs1)C1CC1. The van der Waals surface area contributed by atoms with Crippen LogP contribution in [-0.4, -0.2) is 24.1 Å². The summed E-state index contributed by atoms with van der Waals surface area (Å²) in [6, 6.07) is -0.0754. The fourth-order valence-corrected chi connectivity index (χ4v) is 2.40. The molecule has 1 fully saturated rings. The minimum Gasteiger partial charge on any atom is -0.468 e. The molecule has 1 N–H and O–H groups in total. The molecule has 1 aliphatic carbocycles. The maximum atomic E-state index is 11.6. The Labute approximate surface area is 99.0 Å². The first-order valence-corrected chi connectivity index (χ1v) is 6.33. The minimum absolute atomic E-state index is 0.102. The van der Waals surface area contributed by atoms with Crippen molar-refractivity contribution in [1.82, 2.24) is 10.3 Å². The van der Waals surface area contributed by atoms with Crippen LogP contribution >= 0.6 is 11.3 Å². The Morgan fingerprint density at radius 1 is 1.69 bits per heavy atom. The second-order valence-corrected chi connectivity index (χ2v) is 5.02. The maximum absolute atomic E-state index is 11.6. The van der Waals surface area contributed by atoms with E-state index in [9.17, 15) is 4.79 Å².